The predicted molar refractivity (Wildman–Crippen MR) is 171 cm³/mol. The molecule has 11 nitrogen and oxygen atoms in total. The van der Waals surface area contributed by atoms with E-state index in [1.165, 1.54) is 54.7 Å². The number of carbonyl (C=O) groups is 2. The Morgan fingerprint density at radius 2 is 1.71 bits per heavy atom. The first-order chi connectivity index (χ1) is 23.0. The fourth-order valence-corrected chi connectivity index (χ4v) is 7.75. The third kappa shape index (κ3) is 9.52. The molecule has 0 spiro atoms. The summed E-state index contributed by atoms with van der Waals surface area (Å²) in [5, 5.41) is 8.55. The highest BCUT2D eigenvalue weighted by molar-refractivity contribution is 7.91. The SMILES string of the molecule is NC(C(=O)Nc1cncc(F)c1CC[C@@H]1CN[C@H](COC(=O)NCC2CCS(=O)(=O)C2)CO1)C(c1ccc(F)cc1)c1ccc(F)cc1. The van der Waals surface area contributed by atoms with Gasteiger partial charge in [0.05, 0.1) is 54.4 Å². The van der Waals surface area contributed by atoms with Crippen molar-refractivity contribution in [3.05, 3.63) is 95.1 Å². The van der Waals surface area contributed by atoms with Gasteiger partial charge in [-0.25, -0.2) is 26.4 Å². The van der Waals surface area contributed by atoms with Crippen LogP contribution >= 0.6 is 0 Å². The molecule has 5 rings (SSSR count). The van der Waals surface area contributed by atoms with Gasteiger partial charge in [-0.1, -0.05) is 24.3 Å². The fourth-order valence-electron chi connectivity index (χ4n) is 5.89. The van der Waals surface area contributed by atoms with E-state index in [-0.39, 0.29) is 67.0 Å². The monoisotopic (exact) mass is 689 g/mol. The molecule has 3 heterocycles. The maximum atomic E-state index is 15.0. The largest absolute Gasteiger partial charge is 0.448 e. The molecule has 2 aliphatic rings. The van der Waals surface area contributed by atoms with Gasteiger partial charge >= 0.3 is 6.09 Å². The molecule has 2 unspecified atom stereocenters. The number of pyridine rings is 1. The van der Waals surface area contributed by atoms with Gasteiger partial charge in [-0.15, -0.1) is 0 Å². The minimum Gasteiger partial charge on any atom is -0.448 e. The summed E-state index contributed by atoms with van der Waals surface area (Å²) in [6.07, 6.45) is 2.57. The van der Waals surface area contributed by atoms with Crippen molar-refractivity contribution in [2.45, 2.75) is 43.4 Å². The zero-order valence-electron chi connectivity index (χ0n) is 26.0. The summed E-state index contributed by atoms with van der Waals surface area (Å²) in [6.45, 7) is 0.932. The van der Waals surface area contributed by atoms with E-state index in [1.54, 1.807) is 0 Å². The van der Waals surface area contributed by atoms with E-state index in [1.807, 2.05) is 0 Å². The lowest BCUT2D eigenvalue weighted by molar-refractivity contribution is -0.117. The molecule has 5 N–H and O–H groups in total. The quantitative estimate of drug-likeness (QED) is 0.224. The van der Waals surface area contributed by atoms with E-state index in [0.717, 1.165) is 6.20 Å². The van der Waals surface area contributed by atoms with E-state index in [2.05, 4.69) is 20.9 Å². The van der Waals surface area contributed by atoms with Gasteiger partial charge in [0.2, 0.25) is 5.91 Å². The van der Waals surface area contributed by atoms with Crippen LogP contribution in [-0.4, -0.2) is 81.4 Å². The van der Waals surface area contributed by atoms with Gasteiger partial charge in [-0.2, -0.15) is 0 Å². The summed E-state index contributed by atoms with van der Waals surface area (Å²) in [7, 11) is -3.02. The zero-order valence-corrected chi connectivity index (χ0v) is 26.9. The number of ether oxygens (including phenoxy) is 2. The number of hydrogen-bond donors (Lipinski definition) is 4. The van der Waals surface area contributed by atoms with Gasteiger partial charge in [-0.3, -0.25) is 9.78 Å². The van der Waals surface area contributed by atoms with Crippen molar-refractivity contribution in [2.75, 3.05) is 43.1 Å². The molecule has 15 heteroatoms. The smallest absolute Gasteiger partial charge is 0.407 e. The topological polar surface area (TPSA) is 162 Å². The highest BCUT2D eigenvalue weighted by Gasteiger charge is 2.30. The average Bonchev–Trinajstić information content (AvgIpc) is 3.43. The van der Waals surface area contributed by atoms with Gasteiger partial charge in [0, 0.05) is 24.6 Å². The third-order valence-corrected chi connectivity index (χ3v) is 10.4. The lowest BCUT2D eigenvalue weighted by atomic mass is 9.85. The Bertz CT molecular complexity index is 1630. The summed E-state index contributed by atoms with van der Waals surface area (Å²) < 4.78 is 76.6. The van der Waals surface area contributed by atoms with Gasteiger partial charge < -0.3 is 31.2 Å². The number of rotatable bonds is 12. The minimum absolute atomic E-state index is 0.0494. The standard InChI is InChI=1S/C33H38F3N5O6S/c34-23-5-1-21(2-6-23)30(22-3-7-24(35)8-4-22)31(37)32(42)41-29-16-38-15-28(36)27(29)10-9-26-14-39-25(17-46-26)18-47-33(43)40-13-20-11-12-48(44,45)19-20/h1-8,15-16,20,25-26,30-31,39H,9-14,17-19,37H2,(H,40,43)(H,41,42)/t20?,25-,26+,31?/m0/s1. The van der Waals surface area contributed by atoms with Gasteiger partial charge in [0.15, 0.2) is 9.84 Å². The van der Waals surface area contributed by atoms with Crippen molar-refractivity contribution in [3.8, 4) is 0 Å². The Labute approximate surface area is 276 Å². The first kappa shape index (κ1) is 35.3. The number of nitrogens with one attached hydrogen (secondary N) is 3. The highest BCUT2D eigenvalue weighted by atomic mass is 32.2. The number of benzene rings is 2. The van der Waals surface area contributed by atoms with Crippen LogP contribution < -0.4 is 21.7 Å². The number of amides is 2. The van der Waals surface area contributed by atoms with Crippen molar-refractivity contribution < 1.29 is 40.7 Å². The molecule has 4 atom stereocenters. The molecule has 0 aliphatic carbocycles. The molecule has 2 fully saturated rings. The summed E-state index contributed by atoms with van der Waals surface area (Å²) in [6, 6.07) is 9.52. The Balaban J connectivity index is 1.13. The minimum atomic E-state index is -3.02. The molecule has 2 aliphatic heterocycles. The molecule has 0 bridgehead atoms. The number of anilines is 1. The van der Waals surface area contributed by atoms with Crippen LogP contribution in [0.15, 0.2) is 60.9 Å². The molecule has 2 saturated heterocycles. The lowest BCUT2D eigenvalue weighted by Gasteiger charge is -2.30. The second-order valence-corrected chi connectivity index (χ2v) is 14.3. The van der Waals surface area contributed by atoms with Crippen LogP contribution in [0.1, 0.15) is 35.4 Å². The number of hydrogen-bond acceptors (Lipinski definition) is 9. The molecule has 1 aromatic heterocycles. The highest BCUT2D eigenvalue weighted by Crippen LogP contribution is 2.29. The number of aromatic nitrogens is 1. The predicted octanol–water partition coefficient (Wildman–Crippen LogP) is 3.05. The van der Waals surface area contributed by atoms with E-state index >= 15 is 4.39 Å². The van der Waals surface area contributed by atoms with Gasteiger partial charge in [0.1, 0.15) is 24.1 Å². The van der Waals surface area contributed by atoms with Crippen LogP contribution in [0.2, 0.25) is 0 Å². The summed E-state index contributed by atoms with van der Waals surface area (Å²) in [5.41, 5.74) is 7.87. The molecular weight excluding hydrogens is 651 g/mol. The molecule has 258 valence electrons. The van der Waals surface area contributed by atoms with Crippen molar-refractivity contribution in [3.63, 3.8) is 0 Å². The maximum absolute atomic E-state index is 15.0. The summed E-state index contributed by atoms with van der Waals surface area (Å²) >= 11 is 0. The van der Waals surface area contributed by atoms with Crippen LogP contribution in [0, 0.1) is 23.4 Å². The first-order valence-electron chi connectivity index (χ1n) is 15.6. The van der Waals surface area contributed by atoms with E-state index < -0.39 is 51.2 Å². The Morgan fingerprint density at radius 3 is 2.29 bits per heavy atom. The number of nitrogens with two attached hydrogens (primary N) is 1. The fraction of sp³-hybridized carbons (Fsp3) is 0.424. The number of nitrogens with zero attached hydrogens (tertiary/aromatic N) is 1. The molecule has 2 amide bonds. The normalized spacial score (nSPS) is 21.1. The van der Waals surface area contributed by atoms with Crippen molar-refractivity contribution in [1.82, 2.24) is 15.6 Å². The molecule has 0 radical (unpaired) electrons. The van der Waals surface area contributed by atoms with Crippen molar-refractivity contribution >= 4 is 27.5 Å². The van der Waals surface area contributed by atoms with Crippen LogP contribution in [0.25, 0.3) is 0 Å². The van der Waals surface area contributed by atoms with Crippen molar-refractivity contribution in [1.29, 1.82) is 0 Å². The Morgan fingerprint density at radius 1 is 1.04 bits per heavy atom. The first-order valence-corrected chi connectivity index (χ1v) is 17.5. The Kier molecular flexibility index (Phi) is 11.7. The van der Waals surface area contributed by atoms with Gasteiger partial charge in [0.25, 0.3) is 0 Å². The zero-order chi connectivity index (χ0) is 34.3. The van der Waals surface area contributed by atoms with Crippen LogP contribution in [0.4, 0.5) is 23.7 Å². The second kappa shape index (κ2) is 15.9. The number of alkyl carbamates (subject to hydrolysis) is 1. The number of sulfone groups is 1. The molecule has 48 heavy (non-hydrogen) atoms. The van der Waals surface area contributed by atoms with E-state index in [4.69, 9.17) is 15.2 Å². The number of halogens is 3. The second-order valence-electron chi connectivity index (χ2n) is 12.1. The molecule has 0 saturated carbocycles. The molecule has 3 aromatic rings. The average molecular weight is 690 g/mol. The molecular formula is C33H38F3N5O6S. The van der Waals surface area contributed by atoms with Crippen LogP contribution in [0.3, 0.4) is 0 Å². The van der Waals surface area contributed by atoms with Crippen molar-refractivity contribution in [2.24, 2.45) is 11.7 Å². The number of morpholine rings is 1. The van der Waals surface area contributed by atoms with Crippen LogP contribution in [-0.2, 0) is 30.5 Å². The van der Waals surface area contributed by atoms with E-state index in [0.29, 0.717) is 30.5 Å². The Hall–Kier alpha value is -4.05. The number of carbonyl (C=O) groups excluding carboxylic acids is 2. The maximum Gasteiger partial charge on any atom is 0.407 e. The lowest BCUT2D eigenvalue weighted by Crippen LogP contribution is -2.49. The van der Waals surface area contributed by atoms with E-state index in [9.17, 15) is 26.8 Å². The summed E-state index contributed by atoms with van der Waals surface area (Å²) in [5.74, 6) is -2.87. The molecule has 2 aromatic carbocycles. The van der Waals surface area contributed by atoms with Crippen LogP contribution in [0.5, 0.6) is 0 Å². The summed E-state index contributed by atoms with van der Waals surface area (Å²) in [4.78, 5) is 29.4. The third-order valence-electron chi connectivity index (χ3n) is 8.54. The van der Waals surface area contributed by atoms with Gasteiger partial charge in [-0.05, 0) is 60.6 Å².